The first-order valence-electron chi connectivity index (χ1n) is 13.8. The number of allylic oxidation sites excluding steroid dienone is 2. The van der Waals surface area contributed by atoms with Crippen molar-refractivity contribution < 1.29 is 15.3 Å². The molecule has 4 fully saturated rings. The Kier molecular flexibility index (Phi) is 6.28. The van der Waals surface area contributed by atoms with Gasteiger partial charge in [0.2, 0.25) is 0 Å². The van der Waals surface area contributed by atoms with E-state index in [0.29, 0.717) is 11.8 Å². The molecule has 6 unspecified atom stereocenters. The Bertz CT molecular complexity index is 779. The minimum absolute atomic E-state index is 0.0503. The van der Waals surface area contributed by atoms with Crippen LogP contribution in [0.25, 0.3) is 0 Å². The van der Waals surface area contributed by atoms with Gasteiger partial charge in [-0.25, -0.2) is 0 Å². The Balaban J connectivity index is 1.66. The first kappa shape index (κ1) is 25.7. The van der Waals surface area contributed by atoms with Crippen molar-refractivity contribution in [3.8, 4) is 0 Å². The van der Waals surface area contributed by atoms with E-state index in [1.165, 1.54) is 18.4 Å². The largest absolute Gasteiger partial charge is 0.393 e. The lowest BCUT2D eigenvalue weighted by Gasteiger charge is -2.70. The summed E-state index contributed by atoms with van der Waals surface area (Å²) >= 11 is 0. The molecule has 0 aromatic rings. The second-order valence-corrected chi connectivity index (χ2v) is 14.5. The maximum absolute atomic E-state index is 11.8. The van der Waals surface area contributed by atoms with Crippen molar-refractivity contribution in [1.29, 1.82) is 0 Å². The first-order valence-corrected chi connectivity index (χ1v) is 13.8. The lowest BCUT2D eigenvalue weighted by atomic mass is 9.35. The highest BCUT2D eigenvalue weighted by Gasteiger charge is 2.71. The molecule has 190 valence electrons. The third-order valence-electron chi connectivity index (χ3n) is 12.4. The fourth-order valence-electron chi connectivity index (χ4n) is 10.3. The number of hydrogen-bond acceptors (Lipinski definition) is 3. The van der Waals surface area contributed by atoms with Gasteiger partial charge in [0.05, 0.1) is 17.8 Å². The highest BCUT2D eigenvalue weighted by Crippen LogP contribution is 2.75. The Labute approximate surface area is 203 Å². The lowest BCUT2D eigenvalue weighted by molar-refractivity contribution is -0.246. The van der Waals surface area contributed by atoms with E-state index < -0.39 is 5.60 Å². The van der Waals surface area contributed by atoms with Crippen LogP contribution in [-0.4, -0.2) is 33.1 Å². The van der Waals surface area contributed by atoms with E-state index >= 15 is 0 Å². The second kappa shape index (κ2) is 8.07. The number of rotatable bonds is 4. The maximum atomic E-state index is 11.8. The Morgan fingerprint density at radius 1 is 0.909 bits per heavy atom. The second-order valence-electron chi connectivity index (χ2n) is 14.5. The molecule has 0 saturated heterocycles. The van der Waals surface area contributed by atoms with Gasteiger partial charge in [0, 0.05) is 0 Å². The molecule has 10 atom stereocenters. The molecule has 4 saturated carbocycles. The van der Waals surface area contributed by atoms with Crippen molar-refractivity contribution in [3.05, 3.63) is 11.6 Å². The Morgan fingerprint density at radius 3 is 2.18 bits per heavy atom. The van der Waals surface area contributed by atoms with Gasteiger partial charge in [0.1, 0.15) is 0 Å². The molecule has 33 heavy (non-hydrogen) atoms. The van der Waals surface area contributed by atoms with Crippen LogP contribution in [0, 0.1) is 45.3 Å². The van der Waals surface area contributed by atoms with Gasteiger partial charge in [-0.3, -0.25) is 0 Å². The fraction of sp³-hybridized carbons (Fsp3) is 0.933. The fourth-order valence-corrected chi connectivity index (χ4v) is 10.3. The van der Waals surface area contributed by atoms with Crippen LogP contribution in [-0.2, 0) is 0 Å². The first-order chi connectivity index (χ1) is 15.1. The highest BCUT2D eigenvalue weighted by molar-refractivity contribution is 5.20. The van der Waals surface area contributed by atoms with Gasteiger partial charge in [-0.1, -0.05) is 46.3 Å². The van der Waals surface area contributed by atoms with Crippen LogP contribution in [0.15, 0.2) is 11.6 Å². The molecule has 0 amide bonds. The van der Waals surface area contributed by atoms with Crippen LogP contribution in [0.1, 0.15) is 113 Å². The van der Waals surface area contributed by atoms with Crippen molar-refractivity contribution in [2.75, 3.05) is 0 Å². The van der Waals surface area contributed by atoms with Crippen molar-refractivity contribution in [3.63, 3.8) is 0 Å². The number of hydrogen-bond donors (Lipinski definition) is 3. The van der Waals surface area contributed by atoms with Gasteiger partial charge in [-0.2, -0.15) is 0 Å². The molecule has 3 nitrogen and oxygen atoms in total. The molecule has 0 heterocycles. The predicted molar refractivity (Wildman–Crippen MR) is 136 cm³/mol. The number of aliphatic hydroxyl groups excluding tert-OH is 2. The van der Waals surface area contributed by atoms with Crippen LogP contribution in [0.3, 0.4) is 0 Å². The van der Waals surface area contributed by atoms with E-state index in [1.54, 1.807) is 0 Å². The summed E-state index contributed by atoms with van der Waals surface area (Å²) in [4.78, 5) is 0. The molecule has 0 aromatic heterocycles. The Hall–Kier alpha value is -0.380. The number of aliphatic hydroxyl groups is 3. The van der Waals surface area contributed by atoms with Crippen molar-refractivity contribution in [1.82, 2.24) is 0 Å². The summed E-state index contributed by atoms with van der Waals surface area (Å²) in [5.41, 5.74) is 0.885. The minimum Gasteiger partial charge on any atom is -0.393 e. The summed E-state index contributed by atoms with van der Waals surface area (Å²) in [6.07, 6.45) is 10.6. The predicted octanol–water partition coefficient (Wildman–Crippen LogP) is 6.50. The maximum Gasteiger partial charge on any atom is 0.0654 e. The summed E-state index contributed by atoms with van der Waals surface area (Å²) in [7, 11) is 0. The molecule has 4 rings (SSSR count). The molecule has 4 aliphatic rings. The van der Waals surface area contributed by atoms with E-state index in [-0.39, 0.29) is 45.7 Å². The minimum atomic E-state index is -0.739. The monoisotopic (exact) mass is 460 g/mol. The highest BCUT2D eigenvalue weighted by atomic mass is 16.3. The zero-order chi connectivity index (χ0) is 24.6. The summed E-state index contributed by atoms with van der Waals surface area (Å²) in [6, 6.07) is 0. The van der Waals surface area contributed by atoms with Crippen LogP contribution in [0.4, 0.5) is 0 Å². The van der Waals surface area contributed by atoms with Gasteiger partial charge in [-0.05, 0) is 124 Å². The van der Waals surface area contributed by atoms with E-state index in [4.69, 9.17) is 0 Å². The average molecular weight is 461 g/mol. The molecule has 0 aromatic carbocycles. The topological polar surface area (TPSA) is 60.7 Å². The molecule has 3 heteroatoms. The third kappa shape index (κ3) is 3.61. The zero-order valence-corrected chi connectivity index (χ0v) is 22.7. The van der Waals surface area contributed by atoms with E-state index in [1.807, 2.05) is 6.92 Å². The molecule has 0 radical (unpaired) electrons. The third-order valence-corrected chi connectivity index (χ3v) is 12.4. The van der Waals surface area contributed by atoms with Crippen LogP contribution in [0.5, 0.6) is 0 Å². The van der Waals surface area contributed by atoms with E-state index in [2.05, 4.69) is 54.5 Å². The lowest BCUT2D eigenvalue weighted by Crippen LogP contribution is -2.66. The molecular formula is C30H52O3. The summed E-state index contributed by atoms with van der Waals surface area (Å²) in [5, 5.41) is 34.3. The summed E-state index contributed by atoms with van der Waals surface area (Å²) < 4.78 is 0. The van der Waals surface area contributed by atoms with Crippen molar-refractivity contribution in [2.45, 2.75) is 131 Å². The van der Waals surface area contributed by atoms with Gasteiger partial charge >= 0.3 is 0 Å². The SMILES string of the molecule is CC(C)=CCC[C@](C)(O)C1CC[C@]2(C)C1C(O)CC1[C@@]3(C)CCC(O)C(C)(C)C3CC[C@]12C. The molecule has 0 bridgehead atoms. The van der Waals surface area contributed by atoms with Gasteiger partial charge < -0.3 is 15.3 Å². The normalized spacial score (nSPS) is 50.5. The molecular weight excluding hydrogens is 408 g/mol. The Morgan fingerprint density at radius 2 is 1.55 bits per heavy atom. The summed E-state index contributed by atoms with van der Waals surface area (Å²) in [5.74, 6) is 1.31. The van der Waals surface area contributed by atoms with Crippen molar-refractivity contribution in [2.24, 2.45) is 45.3 Å². The van der Waals surface area contributed by atoms with Crippen LogP contribution < -0.4 is 0 Å². The average Bonchev–Trinajstić information content (AvgIpc) is 3.08. The van der Waals surface area contributed by atoms with Gasteiger partial charge in [0.25, 0.3) is 0 Å². The summed E-state index contributed by atoms with van der Waals surface area (Å²) in [6.45, 7) is 18.3. The standard InChI is InChI=1S/C30H52O3/c1-19(2)10-9-14-30(8,33)20-11-16-29(7)25(20)21(31)18-23-27(5)15-13-24(32)26(3,4)22(27)12-17-28(23,29)6/h10,20-25,31-33H,9,11-18H2,1-8H3/t20?,21?,22?,23?,24?,25?,27-,28+,29+,30-/m0/s1. The van der Waals surface area contributed by atoms with Crippen LogP contribution >= 0.6 is 0 Å². The van der Waals surface area contributed by atoms with E-state index in [9.17, 15) is 15.3 Å². The molecule has 4 aliphatic carbocycles. The van der Waals surface area contributed by atoms with E-state index in [0.717, 1.165) is 44.9 Å². The smallest absolute Gasteiger partial charge is 0.0654 e. The van der Waals surface area contributed by atoms with Gasteiger partial charge in [-0.15, -0.1) is 0 Å². The molecule has 0 aliphatic heterocycles. The van der Waals surface area contributed by atoms with Crippen molar-refractivity contribution >= 4 is 0 Å². The number of fused-ring (bicyclic) bond motifs is 5. The molecule has 0 spiro atoms. The quantitative estimate of drug-likeness (QED) is 0.420. The zero-order valence-electron chi connectivity index (χ0n) is 22.7. The van der Waals surface area contributed by atoms with Gasteiger partial charge in [0.15, 0.2) is 0 Å². The molecule has 3 N–H and O–H groups in total. The van der Waals surface area contributed by atoms with Crippen LogP contribution in [0.2, 0.25) is 0 Å².